The van der Waals surface area contributed by atoms with Crippen LogP contribution in [0.2, 0.25) is 0 Å². The highest BCUT2D eigenvalue weighted by Gasteiger charge is 2.66. The lowest BCUT2D eigenvalue weighted by molar-refractivity contribution is -0.330. The van der Waals surface area contributed by atoms with Gasteiger partial charge in [-0.1, -0.05) is 95.3 Å². The molecule has 1 heterocycles. The summed E-state index contributed by atoms with van der Waals surface area (Å²) in [5.74, 6) is 0. The zero-order valence-corrected chi connectivity index (χ0v) is 15.3. The van der Waals surface area contributed by atoms with Gasteiger partial charge in [0.25, 0.3) is 0 Å². The standard InChI is InChI=1S/C22H28O2/c1-20(2,3)18(23)19-21(4,5)22(24-19,16-12-8-6-9-13-16)17-14-10-7-11-15-17/h6-15,18-19,23H,1-5H3/t18-,19-/m1/s1. The van der Waals surface area contributed by atoms with Crippen molar-refractivity contribution in [2.24, 2.45) is 10.8 Å². The molecule has 2 heteroatoms. The molecule has 0 unspecified atom stereocenters. The Morgan fingerprint density at radius 3 is 1.62 bits per heavy atom. The molecule has 1 N–H and O–H groups in total. The van der Waals surface area contributed by atoms with E-state index in [0.29, 0.717) is 0 Å². The Hall–Kier alpha value is -1.64. The van der Waals surface area contributed by atoms with E-state index >= 15 is 0 Å². The summed E-state index contributed by atoms with van der Waals surface area (Å²) in [5, 5.41) is 10.8. The molecule has 2 aromatic rings. The Morgan fingerprint density at radius 1 is 0.875 bits per heavy atom. The molecule has 24 heavy (non-hydrogen) atoms. The average molecular weight is 324 g/mol. The highest BCUT2D eigenvalue weighted by atomic mass is 16.6. The summed E-state index contributed by atoms with van der Waals surface area (Å²) in [6, 6.07) is 20.7. The van der Waals surface area contributed by atoms with E-state index in [1.165, 1.54) is 0 Å². The van der Waals surface area contributed by atoms with Crippen molar-refractivity contribution in [2.45, 2.75) is 52.4 Å². The summed E-state index contributed by atoms with van der Waals surface area (Å²) < 4.78 is 6.55. The van der Waals surface area contributed by atoms with E-state index in [0.717, 1.165) is 11.1 Å². The first-order valence-electron chi connectivity index (χ1n) is 8.68. The van der Waals surface area contributed by atoms with E-state index < -0.39 is 11.7 Å². The van der Waals surface area contributed by atoms with Crippen LogP contribution in [-0.4, -0.2) is 17.3 Å². The Balaban J connectivity index is 2.10. The summed E-state index contributed by atoms with van der Waals surface area (Å²) in [6.07, 6.45) is -0.731. The second-order valence-corrected chi connectivity index (χ2v) is 8.48. The molecule has 3 rings (SSSR count). The molecule has 0 aromatic heterocycles. The van der Waals surface area contributed by atoms with E-state index in [-0.39, 0.29) is 16.9 Å². The molecule has 0 radical (unpaired) electrons. The maximum Gasteiger partial charge on any atom is 0.126 e. The predicted octanol–water partition coefficient (Wildman–Crippen LogP) is 4.76. The van der Waals surface area contributed by atoms with Gasteiger partial charge in [-0.3, -0.25) is 0 Å². The van der Waals surface area contributed by atoms with E-state index in [9.17, 15) is 5.11 Å². The molecule has 0 saturated carbocycles. The molecular formula is C22H28O2. The van der Waals surface area contributed by atoms with Gasteiger partial charge < -0.3 is 9.84 Å². The molecule has 2 nitrogen and oxygen atoms in total. The summed E-state index contributed by atoms with van der Waals surface area (Å²) in [7, 11) is 0. The number of benzene rings is 2. The number of rotatable bonds is 3. The SMILES string of the molecule is CC(C)(C)[C@H](O)[C@H]1OC(c2ccccc2)(c2ccccc2)C1(C)C. The molecule has 1 saturated heterocycles. The van der Waals surface area contributed by atoms with Crippen LogP contribution in [0, 0.1) is 10.8 Å². The largest absolute Gasteiger partial charge is 0.390 e. The number of hydrogen-bond donors (Lipinski definition) is 1. The lowest BCUT2D eigenvalue weighted by Crippen LogP contribution is -2.69. The number of ether oxygens (including phenoxy) is 1. The Morgan fingerprint density at radius 2 is 1.29 bits per heavy atom. The second kappa shape index (κ2) is 5.72. The fourth-order valence-corrected chi connectivity index (χ4v) is 3.94. The van der Waals surface area contributed by atoms with Crippen molar-refractivity contribution in [3.8, 4) is 0 Å². The van der Waals surface area contributed by atoms with Gasteiger partial charge in [0, 0.05) is 5.41 Å². The first-order valence-corrected chi connectivity index (χ1v) is 8.68. The van der Waals surface area contributed by atoms with Gasteiger partial charge in [0.15, 0.2) is 0 Å². The van der Waals surface area contributed by atoms with Gasteiger partial charge >= 0.3 is 0 Å². The molecule has 1 fully saturated rings. The van der Waals surface area contributed by atoms with Gasteiger partial charge in [0.2, 0.25) is 0 Å². The van der Waals surface area contributed by atoms with Crippen molar-refractivity contribution in [1.29, 1.82) is 0 Å². The van der Waals surface area contributed by atoms with E-state index in [1.807, 2.05) is 36.4 Å². The van der Waals surface area contributed by atoms with Crippen molar-refractivity contribution in [3.63, 3.8) is 0 Å². The van der Waals surface area contributed by atoms with E-state index in [2.05, 4.69) is 58.9 Å². The van der Waals surface area contributed by atoms with E-state index in [4.69, 9.17) is 4.74 Å². The van der Waals surface area contributed by atoms with Crippen LogP contribution in [0.15, 0.2) is 60.7 Å². The van der Waals surface area contributed by atoms with Crippen LogP contribution in [0.5, 0.6) is 0 Å². The van der Waals surface area contributed by atoms with Gasteiger partial charge in [-0.15, -0.1) is 0 Å². The first-order chi connectivity index (χ1) is 11.2. The molecule has 128 valence electrons. The molecular weight excluding hydrogens is 296 g/mol. The van der Waals surface area contributed by atoms with Crippen molar-refractivity contribution in [3.05, 3.63) is 71.8 Å². The third kappa shape index (κ3) is 2.40. The zero-order chi connectivity index (χ0) is 17.6. The number of aliphatic hydroxyl groups excluding tert-OH is 1. The summed E-state index contributed by atoms with van der Waals surface area (Å²) >= 11 is 0. The van der Waals surface area contributed by atoms with Crippen LogP contribution in [0.25, 0.3) is 0 Å². The third-order valence-electron chi connectivity index (χ3n) is 5.46. The number of aliphatic hydroxyl groups is 1. The van der Waals surface area contributed by atoms with E-state index in [1.54, 1.807) is 0 Å². The fourth-order valence-electron chi connectivity index (χ4n) is 3.94. The molecule has 1 aliphatic rings. The predicted molar refractivity (Wildman–Crippen MR) is 97.8 cm³/mol. The van der Waals surface area contributed by atoms with Crippen LogP contribution in [0.1, 0.15) is 45.7 Å². The highest BCUT2D eigenvalue weighted by molar-refractivity contribution is 5.43. The molecule has 1 aliphatic heterocycles. The highest BCUT2D eigenvalue weighted by Crippen LogP contribution is 2.61. The fraction of sp³-hybridized carbons (Fsp3) is 0.455. The lowest BCUT2D eigenvalue weighted by Gasteiger charge is -2.64. The summed E-state index contributed by atoms with van der Waals surface area (Å²) in [6.45, 7) is 10.6. The topological polar surface area (TPSA) is 29.5 Å². The van der Waals surface area contributed by atoms with Crippen LogP contribution in [0.3, 0.4) is 0 Å². The molecule has 0 aliphatic carbocycles. The van der Waals surface area contributed by atoms with Gasteiger partial charge in [0.05, 0.1) is 12.2 Å². The van der Waals surface area contributed by atoms with Crippen molar-refractivity contribution in [2.75, 3.05) is 0 Å². The van der Waals surface area contributed by atoms with Gasteiger partial charge in [-0.05, 0) is 16.5 Å². The monoisotopic (exact) mass is 324 g/mol. The maximum absolute atomic E-state index is 10.8. The molecule has 0 spiro atoms. The van der Waals surface area contributed by atoms with Crippen LogP contribution in [-0.2, 0) is 10.3 Å². The Bertz CT molecular complexity index is 643. The van der Waals surface area contributed by atoms with Crippen molar-refractivity contribution >= 4 is 0 Å². The average Bonchev–Trinajstić information content (AvgIpc) is 2.55. The van der Waals surface area contributed by atoms with Crippen LogP contribution >= 0.6 is 0 Å². The Kier molecular flexibility index (Phi) is 4.09. The van der Waals surface area contributed by atoms with Gasteiger partial charge in [0.1, 0.15) is 5.60 Å². The van der Waals surface area contributed by atoms with Gasteiger partial charge in [-0.2, -0.15) is 0 Å². The van der Waals surface area contributed by atoms with Crippen LogP contribution < -0.4 is 0 Å². The normalized spacial score (nSPS) is 23.3. The summed E-state index contributed by atoms with van der Waals surface area (Å²) in [4.78, 5) is 0. The molecule has 2 aromatic carbocycles. The van der Waals surface area contributed by atoms with Crippen LogP contribution in [0.4, 0.5) is 0 Å². The minimum absolute atomic E-state index is 0.210. The maximum atomic E-state index is 10.8. The molecule has 0 bridgehead atoms. The minimum atomic E-state index is -0.535. The quantitative estimate of drug-likeness (QED) is 0.882. The molecule has 0 amide bonds. The third-order valence-corrected chi connectivity index (χ3v) is 5.46. The molecule has 2 atom stereocenters. The lowest BCUT2D eigenvalue weighted by atomic mass is 9.56. The second-order valence-electron chi connectivity index (χ2n) is 8.48. The Labute approximate surface area is 145 Å². The van der Waals surface area contributed by atoms with Crippen molar-refractivity contribution in [1.82, 2.24) is 0 Å². The van der Waals surface area contributed by atoms with Gasteiger partial charge in [-0.25, -0.2) is 0 Å². The number of hydrogen-bond acceptors (Lipinski definition) is 2. The zero-order valence-electron chi connectivity index (χ0n) is 15.3. The summed E-state index contributed by atoms with van der Waals surface area (Å²) in [5.41, 5.74) is 1.29. The minimum Gasteiger partial charge on any atom is -0.390 e. The van der Waals surface area contributed by atoms with Crippen molar-refractivity contribution < 1.29 is 9.84 Å². The first kappa shape index (κ1) is 17.2. The smallest absolute Gasteiger partial charge is 0.126 e.